The van der Waals surface area contributed by atoms with Crippen molar-refractivity contribution in [2.45, 2.75) is 19.5 Å². The summed E-state index contributed by atoms with van der Waals surface area (Å²) in [5.41, 5.74) is 0.0438. The summed E-state index contributed by atoms with van der Waals surface area (Å²) in [5, 5.41) is 5.59. The second-order valence-corrected chi connectivity index (χ2v) is 4.55. The minimum atomic E-state index is -3.08. The molecule has 0 aromatic heterocycles. The Labute approximate surface area is 114 Å². The number of alkyl halides is 2. The molecule has 0 saturated carbocycles. The van der Waals surface area contributed by atoms with E-state index in [4.69, 9.17) is 0 Å². The Balaban J connectivity index is 2.09. The first-order valence-corrected chi connectivity index (χ1v) is 6.32. The topological polar surface area (TPSA) is 50.4 Å². The SMILES string of the molecule is O=C(Nc1ccc(F)cc1OC(F)F)C1CCCNC1. The number of hydrogen-bond acceptors (Lipinski definition) is 3. The number of nitrogens with one attached hydrogen (secondary N) is 2. The molecule has 1 amide bonds. The molecule has 2 N–H and O–H groups in total. The van der Waals surface area contributed by atoms with Crippen LogP contribution in [0, 0.1) is 11.7 Å². The van der Waals surface area contributed by atoms with Gasteiger partial charge in [0.25, 0.3) is 0 Å². The normalized spacial score (nSPS) is 18.9. The monoisotopic (exact) mass is 288 g/mol. The summed E-state index contributed by atoms with van der Waals surface area (Å²) in [4.78, 5) is 12.0. The van der Waals surface area contributed by atoms with E-state index in [0.717, 1.165) is 31.5 Å². The van der Waals surface area contributed by atoms with Crippen LogP contribution in [-0.2, 0) is 4.79 Å². The van der Waals surface area contributed by atoms with Crippen molar-refractivity contribution in [1.82, 2.24) is 5.32 Å². The minimum absolute atomic E-state index is 0.0438. The van der Waals surface area contributed by atoms with Crippen molar-refractivity contribution >= 4 is 11.6 Å². The predicted molar refractivity (Wildman–Crippen MR) is 67.3 cm³/mol. The Morgan fingerprint density at radius 3 is 2.90 bits per heavy atom. The fraction of sp³-hybridized carbons (Fsp3) is 0.462. The zero-order valence-corrected chi connectivity index (χ0v) is 10.7. The third-order valence-electron chi connectivity index (χ3n) is 3.09. The molecule has 1 heterocycles. The number of benzene rings is 1. The van der Waals surface area contributed by atoms with Crippen molar-refractivity contribution in [3.63, 3.8) is 0 Å². The minimum Gasteiger partial charge on any atom is -0.432 e. The average Bonchev–Trinajstić information content (AvgIpc) is 2.42. The number of carbonyl (C=O) groups excluding carboxylic acids is 1. The van der Waals surface area contributed by atoms with Crippen LogP contribution in [0.4, 0.5) is 18.9 Å². The van der Waals surface area contributed by atoms with Gasteiger partial charge in [0.2, 0.25) is 5.91 Å². The second kappa shape index (κ2) is 6.60. The molecule has 1 aliphatic rings. The molecule has 1 unspecified atom stereocenters. The third-order valence-corrected chi connectivity index (χ3v) is 3.09. The lowest BCUT2D eigenvalue weighted by Gasteiger charge is -2.22. The van der Waals surface area contributed by atoms with E-state index in [1.807, 2.05) is 0 Å². The molecule has 1 aromatic carbocycles. The first kappa shape index (κ1) is 14.6. The highest BCUT2D eigenvalue weighted by Crippen LogP contribution is 2.28. The van der Waals surface area contributed by atoms with Crippen LogP contribution in [0.3, 0.4) is 0 Å². The highest BCUT2D eigenvalue weighted by molar-refractivity contribution is 5.94. The van der Waals surface area contributed by atoms with E-state index < -0.39 is 12.4 Å². The van der Waals surface area contributed by atoms with Crippen LogP contribution in [0.15, 0.2) is 18.2 Å². The Morgan fingerprint density at radius 2 is 2.25 bits per heavy atom. The molecule has 20 heavy (non-hydrogen) atoms. The van der Waals surface area contributed by atoms with Crippen molar-refractivity contribution in [3.05, 3.63) is 24.0 Å². The molecule has 0 aliphatic carbocycles. The number of amides is 1. The fourth-order valence-electron chi connectivity index (χ4n) is 2.10. The first-order valence-electron chi connectivity index (χ1n) is 6.32. The largest absolute Gasteiger partial charge is 0.432 e. The number of anilines is 1. The summed E-state index contributed by atoms with van der Waals surface area (Å²) in [5.74, 6) is -1.61. The van der Waals surface area contributed by atoms with Gasteiger partial charge in [-0.2, -0.15) is 8.78 Å². The quantitative estimate of drug-likeness (QED) is 0.894. The van der Waals surface area contributed by atoms with Gasteiger partial charge in [0.15, 0.2) is 5.75 Å². The summed E-state index contributed by atoms with van der Waals surface area (Å²) < 4.78 is 41.8. The molecule has 1 atom stereocenters. The Morgan fingerprint density at radius 1 is 1.45 bits per heavy atom. The number of halogens is 3. The van der Waals surface area contributed by atoms with E-state index in [9.17, 15) is 18.0 Å². The average molecular weight is 288 g/mol. The Bertz CT molecular complexity index is 477. The molecule has 110 valence electrons. The van der Waals surface area contributed by atoms with Gasteiger partial charge in [-0.3, -0.25) is 4.79 Å². The summed E-state index contributed by atoms with van der Waals surface area (Å²) in [6.45, 7) is -1.68. The molecule has 0 bridgehead atoms. The van der Waals surface area contributed by atoms with Crippen LogP contribution in [0.5, 0.6) is 5.75 Å². The van der Waals surface area contributed by atoms with Gasteiger partial charge in [-0.05, 0) is 31.5 Å². The highest BCUT2D eigenvalue weighted by atomic mass is 19.3. The van der Waals surface area contributed by atoms with Crippen molar-refractivity contribution in [1.29, 1.82) is 0 Å². The van der Waals surface area contributed by atoms with Crippen LogP contribution >= 0.6 is 0 Å². The summed E-state index contributed by atoms with van der Waals surface area (Å²) in [6, 6.07) is 3.11. The lowest BCUT2D eigenvalue weighted by atomic mass is 9.99. The van der Waals surface area contributed by atoms with Crippen molar-refractivity contribution in [2.75, 3.05) is 18.4 Å². The van der Waals surface area contributed by atoms with Crippen LogP contribution in [0.2, 0.25) is 0 Å². The van der Waals surface area contributed by atoms with Gasteiger partial charge in [-0.15, -0.1) is 0 Å². The number of carbonyl (C=O) groups is 1. The van der Waals surface area contributed by atoms with Crippen molar-refractivity contribution < 1.29 is 22.7 Å². The van der Waals surface area contributed by atoms with Gasteiger partial charge in [0.1, 0.15) is 5.82 Å². The van der Waals surface area contributed by atoms with Gasteiger partial charge in [-0.1, -0.05) is 0 Å². The van der Waals surface area contributed by atoms with Crippen LogP contribution in [0.25, 0.3) is 0 Å². The van der Waals surface area contributed by atoms with Gasteiger partial charge in [-0.25, -0.2) is 4.39 Å². The van der Waals surface area contributed by atoms with E-state index in [-0.39, 0.29) is 23.3 Å². The predicted octanol–water partition coefficient (Wildman–Crippen LogP) is 2.37. The smallest absolute Gasteiger partial charge is 0.387 e. The molecular formula is C13H15F3N2O2. The maximum absolute atomic E-state index is 13.0. The molecule has 2 rings (SSSR count). The Kier molecular flexibility index (Phi) is 4.84. The van der Waals surface area contributed by atoms with Crippen LogP contribution < -0.4 is 15.4 Å². The molecule has 1 aromatic rings. The van der Waals surface area contributed by atoms with Crippen molar-refractivity contribution in [2.24, 2.45) is 5.92 Å². The van der Waals surface area contributed by atoms with E-state index in [0.29, 0.717) is 6.54 Å². The standard InChI is InChI=1S/C13H15F3N2O2/c14-9-3-4-10(11(6-9)20-13(15)16)18-12(19)8-2-1-5-17-7-8/h3-4,6,8,13,17H,1-2,5,7H2,(H,18,19). The summed E-state index contributed by atoms with van der Waals surface area (Å²) >= 11 is 0. The van der Waals surface area contributed by atoms with Crippen LogP contribution in [0.1, 0.15) is 12.8 Å². The fourth-order valence-corrected chi connectivity index (χ4v) is 2.10. The van der Waals surface area contributed by atoms with Crippen molar-refractivity contribution in [3.8, 4) is 5.75 Å². The first-order chi connectivity index (χ1) is 9.56. The molecule has 0 radical (unpaired) electrons. The molecule has 1 fully saturated rings. The van der Waals surface area contributed by atoms with E-state index >= 15 is 0 Å². The third kappa shape index (κ3) is 3.86. The summed E-state index contributed by atoms with van der Waals surface area (Å²) in [7, 11) is 0. The zero-order chi connectivity index (χ0) is 14.5. The van der Waals surface area contributed by atoms with Crippen LogP contribution in [-0.4, -0.2) is 25.6 Å². The molecule has 1 aliphatic heterocycles. The maximum atomic E-state index is 13.0. The molecular weight excluding hydrogens is 273 g/mol. The molecule has 4 nitrogen and oxygen atoms in total. The molecule has 0 spiro atoms. The van der Waals surface area contributed by atoms with Gasteiger partial charge in [0, 0.05) is 12.6 Å². The lowest BCUT2D eigenvalue weighted by Crippen LogP contribution is -2.37. The molecule has 1 saturated heterocycles. The van der Waals surface area contributed by atoms with Gasteiger partial charge in [0.05, 0.1) is 11.6 Å². The van der Waals surface area contributed by atoms with E-state index in [1.165, 1.54) is 6.07 Å². The number of piperidine rings is 1. The molecule has 7 heteroatoms. The van der Waals surface area contributed by atoms with E-state index in [1.54, 1.807) is 0 Å². The lowest BCUT2D eigenvalue weighted by molar-refractivity contribution is -0.120. The number of hydrogen-bond donors (Lipinski definition) is 2. The van der Waals surface area contributed by atoms with Gasteiger partial charge >= 0.3 is 6.61 Å². The zero-order valence-electron chi connectivity index (χ0n) is 10.7. The van der Waals surface area contributed by atoms with E-state index in [2.05, 4.69) is 15.4 Å². The number of rotatable bonds is 4. The van der Waals surface area contributed by atoms with Gasteiger partial charge < -0.3 is 15.4 Å². The summed E-state index contributed by atoms with van der Waals surface area (Å²) in [6.07, 6.45) is 1.60. The number of ether oxygens (including phenoxy) is 1. The second-order valence-electron chi connectivity index (χ2n) is 4.55. The highest BCUT2D eigenvalue weighted by Gasteiger charge is 2.22. The Hall–Kier alpha value is -1.76. The maximum Gasteiger partial charge on any atom is 0.387 e.